The predicted molar refractivity (Wildman–Crippen MR) is 67.1 cm³/mol. The van der Waals surface area contributed by atoms with Crippen LogP contribution in [0.4, 0.5) is 8.78 Å². The third-order valence-corrected chi connectivity index (χ3v) is 3.50. The Morgan fingerprint density at radius 2 is 2.05 bits per heavy atom. The average Bonchev–Trinajstić information content (AvgIpc) is 3.18. The number of hydrogen-bond donors (Lipinski definition) is 1. The fraction of sp³-hybridized carbons (Fsp3) is 0.429. The van der Waals surface area contributed by atoms with Gasteiger partial charge in [0.05, 0.1) is 0 Å². The van der Waals surface area contributed by atoms with Gasteiger partial charge in [-0.3, -0.25) is 9.59 Å². The number of hydrogen-bond acceptors (Lipinski definition) is 2. The molecule has 0 radical (unpaired) electrons. The van der Waals surface area contributed by atoms with Crippen LogP contribution in [0.3, 0.4) is 0 Å². The molecule has 2 atom stereocenters. The molecule has 4 nitrogen and oxygen atoms in total. The molecule has 1 aliphatic carbocycles. The molecule has 0 aromatic heterocycles. The maximum Gasteiger partial charge on any atom is 0.323 e. The van der Waals surface area contributed by atoms with Crippen LogP contribution >= 0.6 is 0 Å². The van der Waals surface area contributed by atoms with Crippen LogP contribution < -0.4 is 0 Å². The van der Waals surface area contributed by atoms with E-state index in [1.54, 1.807) is 6.92 Å². The molecule has 1 aromatic rings. The Morgan fingerprint density at radius 1 is 1.35 bits per heavy atom. The first-order valence-corrected chi connectivity index (χ1v) is 6.39. The Kier molecular flexibility index (Phi) is 4.01. The highest BCUT2D eigenvalue weighted by molar-refractivity contribution is 5.86. The monoisotopic (exact) mass is 283 g/mol. The van der Waals surface area contributed by atoms with Crippen LogP contribution in [-0.2, 0) is 9.59 Å². The molecule has 1 saturated carbocycles. The Balaban J connectivity index is 2.04. The van der Waals surface area contributed by atoms with Crippen LogP contribution in [0.25, 0.3) is 0 Å². The van der Waals surface area contributed by atoms with Crippen molar-refractivity contribution >= 4 is 11.9 Å². The molecule has 0 saturated heterocycles. The summed E-state index contributed by atoms with van der Waals surface area (Å²) in [7, 11) is 0. The molecule has 2 rings (SSSR count). The van der Waals surface area contributed by atoms with Crippen molar-refractivity contribution in [1.29, 1.82) is 0 Å². The molecule has 0 heterocycles. The molecule has 6 heteroatoms. The lowest BCUT2D eigenvalue weighted by Gasteiger charge is -2.18. The highest BCUT2D eigenvalue weighted by Gasteiger charge is 2.45. The van der Waals surface area contributed by atoms with E-state index < -0.39 is 17.6 Å². The molecule has 0 bridgehead atoms. The van der Waals surface area contributed by atoms with Crippen molar-refractivity contribution in [2.24, 2.45) is 5.92 Å². The summed E-state index contributed by atoms with van der Waals surface area (Å²) in [5.74, 6) is -3.65. The molecule has 1 N–H and O–H groups in total. The van der Waals surface area contributed by atoms with Gasteiger partial charge in [-0.15, -0.1) is 0 Å². The van der Waals surface area contributed by atoms with Gasteiger partial charge in [-0.2, -0.15) is 0 Å². The van der Waals surface area contributed by atoms with Crippen molar-refractivity contribution in [3.8, 4) is 0 Å². The second kappa shape index (κ2) is 5.56. The Hall–Kier alpha value is -1.98. The van der Waals surface area contributed by atoms with E-state index in [2.05, 4.69) is 0 Å². The van der Waals surface area contributed by atoms with Crippen LogP contribution in [0.2, 0.25) is 0 Å². The van der Waals surface area contributed by atoms with Crippen LogP contribution in [0.15, 0.2) is 18.2 Å². The van der Waals surface area contributed by atoms with Gasteiger partial charge in [0.15, 0.2) is 11.6 Å². The second-order valence-corrected chi connectivity index (χ2v) is 4.87. The van der Waals surface area contributed by atoms with Gasteiger partial charge in [0.25, 0.3) is 0 Å². The van der Waals surface area contributed by atoms with Gasteiger partial charge in [-0.25, -0.2) is 8.78 Å². The van der Waals surface area contributed by atoms with Gasteiger partial charge >= 0.3 is 5.97 Å². The van der Waals surface area contributed by atoms with Gasteiger partial charge < -0.3 is 10.0 Å². The number of carbonyl (C=O) groups excluding carboxylic acids is 1. The largest absolute Gasteiger partial charge is 0.480 e. The minimum absolute atomic E-state index is 0.152. The summed E-state index contributed by atoms with van der Waals surface area (Å²) in [6.07, 6.45) is 0.542. The van der Waals surface area contributed by atoms with E-state index in [9.17, 15) is 18.4 Å². The summed E-state index contributed by atoms with van der Waals surface area (Å²) >= 11 is 0. The van der Waals surface area contributed by atoms with Crippen LogP contribution in [-0.4, -0.2) is 35.0 Å². The quantitative estimate of drug-likeness (QED) is 0.899. The van der Waals surface area contributed by atoms with Crippen LogP contribution in [0.5, 0.6) is 0 Å². The average molecular weight is 283 g/mol. The van der Waals surface area contributed by atoms with E-state index in [0.29, 0.717) is 18.5 Å². The fourth-order valence-corrected chi connectivity index (χ4v) is 2.32. The zero-order valence-corrected chi connectivity index (χ0v) is 11.0. The zero-order chi connectivity index (χ0) is 14.9. The minimum atomic E-state index is -1.06. The summed E-state index contributed by atoms with van der Waals surface area (Å²) in [4.78, 5) is 24.0. The molecule has 1 aliphatic rings. The third kappa shape index (κ3) is 2.95. The summed E-state index contributed by atoms with van der Waals surface area (Å²) < 4.78 is 26.0. The van der Waals surface area contributed by atoms with E-state index in [-0.39, 0.29) is 24.3 Å². The number of carboxylic acid groups (broad SMARTS) is 1. The highest BCUT2D eigenvalue weighted by atomic mass is 19.2. The molecule has 1 aromatic carbocycles. The van der Waals surface area contributed by atoms with Crippen molar-refractivity contribution in [1.82, 2.24) is 4.90 Å². The molecule has 108 valence electrons. The fourth-order valence-electron chi connectivity index (χ4n) is 2.32. The highest BCUT2D eigenvalue weighted by Crippen LogP contribution is 2.48. The molecule has 0 unspecified atom stereocenters. The van der Waals surface area contributed by atoms with Crippen molar-refractivity contribution in [3.63, 3.8) is 0 Å². The summed E-state index contributed by atoms with van der Waals surface area (Å²) in [5.41, 5.74) is 0.577. The lowest BCUT2D eigenvalue weighted by molar-refractivity contribution is -0.144. The first-order valence-electron chi connectivity index (χ1n) is 6.39. The Bertz CT molecular complexity index is 547. The number of benzene rings is 1. The number of halogens is 2. The van der Waals surface area contributed by atoms with Crippen molar-refractivity contribution < 1.29 is 23.5 Å². The van der Waals surface area contributed by atoms with E-state index >= 15 is 0 Å². The molecule has 0 spiro atoms. The predicted octanol–water partition coefficient (Wildman–Crippen LogP) is 2.00. The number of nitrogens with zero attached hydrogens (tertiary/aromatic N) is 1. The first-order chi connectivity index (χ1) is 9.43. The summed E-state index contributed by atoms with van der Waals surface area (Å²) in [6.45, 7) is 1.68. The lowest BCUT2D eigenvalue weighted by atomic mass is 10.1. The molecule has 1 amide bonds. The van der Waals surface area contributed by atoms with E-state index in [1.165, 1.54) is 11.0 Å². The van der Waals surface area contributed by atoms with Gasteiger partial charge in [0.2, 0.25) is 5.91 Å². The van der Waals surface area contributed by atoms with Crippen LogP contribution in [0, 0.1) is 17.6 Å². The van der Waals surface area contributed by atoms with Gasteiger partial charge in [0, 0.05) is 12.5 Å². The molecule has 20 heavy (non-hydrogen) atoms. The topological polar surface area (TPSA) is 57.6 Å². The van der Waals surface area contributed by atoms with Crippen molar-refractivity contribution in [2.75, 3.05) is 13.1 Å². The van der Waals surface area contributed by atoms with Crippen molar-refractivity contribution in [2.45, 2.75) is 19.3 Å². The summed E-state index contributed by atoms with van der Waals surface area (Å²) in [6, 6.07) is 3.60. The Morgan fingerprint density at radius 3 is 2.60 bits per heavy atom. The standard InChI is InChI=1S/C14H15F2NO3/c1-2-17(7-13(18)19)14(20)10-6-9(10)8-3-4-11(15)12(16)5-8/h3-5,9-10H,2,6-7H2,1H3,(H,18,19)/t9-,10-/m0/s1. The smallest absolute Gasteiger partial charge is 0.323 e. The summed E-state index contributed by atoms with van der Waals surface area (Å²) in [5, 5.41) is 8.73. The molecular weight excluding hydrogens is 268 g/mol. The molecular formula is C14H15F2NO3. The van der Waals surface area contributed by atoms with Crippen molar-refractivity contribution in [3.05, 3.63) is 35.4 Å². The van der Waals surface area contributed by atoms with E-state index in [4.69, 9.17) is 5.11 Å². The number of rotatable bonds is 5. The van der Waals surface area contributed by atoms with Gasteiger partial charge in [0.1, 0.15) is 6.54 Å². The van der Waals surface area contributed by atoms with Gasteiger partial charge in [-0.1, -0.05) is 6.07 Å². The first kappa shape index (κ1) is 14.4. The molecule has 1 fully saturated rings. The normalized spacial score (nSPS) is 20.6. The maximum absolute atomic E-state index is 13.1. The molecule has 0 aliphatic heterocycles. The minimum Gasteiger partial charge on any atom is -0.480 e. The van der Waals surface area contributed by atoms with E-state index in [1.807, 2.05) is 0 Å². The lowest BCUT2D eigenvalue weighted by Crippen LogP contribution is -2.36. The number of likely N-dealkylation sites (N-methyl/N-ethyl adjacent to an activating group) is 1. The Labute approximate surface area is 115 Å². The number of aliphatic carboxylic acids is 1. The van der Waals surface area contributed by atoms with E-state index in [0.717, 1.165) is 12.1 Å². The number of amides is 1. The third-order valence-electron chi connectivity index (χ3n) is 3.50. The zero-order valence-electron chi connectivity index (χ0n) is 11.0. The second-order valence-electron chi connectivity index (χ2n) is 4.87. The number of carbonyl (C=O) groups is 2. The van der Waals surface area contributed by atoms with Gasteiger partial charge in [-0.05, 0) is 37.0 Å². The SMILES string of the molecule is CCN(CC(=O)O)C(=O)[C@H]1C[C@H]1c1ccc(F)c(F)c1. The number of carboxylic acids is 1. The maximum atomic E-state index is 13.1. The van der Waals surface area contributed by atoms with Crippen LogP contribution in [0.1, 0.15) is 24.8 Å².